The van der Waals surface area contributed by atoms with Crippen LogP contribution in [0.3, 0.4) is 0 Å². The average Bonchev–Trinajstić information content (AvgIpc) is 2.98. The molecule has 0 fully saturated rings. The number of benzene rings is 1. The Kier molecular flexibility index (Phi) is 4.88. The smallest absolute Gasteiger partial charge is 0.221 e. The van der Waals surface area contributed by atoms with Crippen molar-refractivity contribution in [3.05, 3.63) is 71.2 Å². The summed E-state index contributed by atoms with van der Waals surface area (Å²) in [7, 11) is 0. The van der Waals surface area contributed by atoms with E-state index in [2.05, 4.69) is 46.7 Å². The van der Waals surface area contributed by atoms with Crippen LogP contribution in [0.2, 0.25) is 0 Å². The molecule has 1 aromatic carbocycles. The molecule has 2 aromatic heterocycles. The first-order valence-corrected chi connectivity index (χ1v) is 8.75. The van der Waals surface area contributed by atoms with Gasteiger partial charge in [0.2, 0.25) is 5.91 Å². The number of imidazole rings is 1. The summed E-state index contributed by atoms with van der Waals surface area (Å²) in [5.74, 6) is 0.0302. The molecule has 4 nitrogen and oxygen atoms in total. The summed E-state index contributed by atoms with van der Waals surface area (Å²) in [5, 5.41) is 3.02. The fourth-order valence-corrected chi connectivity index (χ4v) is 3.35. The molecular weight excluding hydrogens is 310 g/mol. The maximum absolute atomic E-state index is 12.5. The predicted octanol–water partition coefficient (Wildman–Crippen LogP) is 4.00. The van der Waals surface area contributed by atoms with Crippen molar-refractivity contribution in [2.75, 3.05) is 0 Å². The van der Waals surface area contributed by atoms with Crippen LogP contribution < -0.4 is 5.32 Å². The summed E-state index contributed by atoms with van der Waals surface area (Å²) in [6.45, 7) is 8.12. The standard InChI is InChI=1S/C21H25N3O/c1-14(2)23-20(25)12-18(17-10-6-5-8-15(17)3)19-13-22-21-16(4)9-7-11-24(19)21/h5-11,13-14,18H,12H2,1-4H3,(H,23,25). The minimum atomic E-state index is -0.0308. The van der Waals surface area contributed by atoms with Crippen LogP contribution in [0.15, 0.2) is 48.8 Å². The van der Waals surface area contributed by atoms with Crippen LogP contribution in [0.1, 0.15) is 48.6 Å². The third-order valence-electron chi connectivity index (χ3n) is 4.52. The summed E-state index contributed by atoms with van der Waals surface area (Å²) in [4.78, 5) is 17.1. The normalized spacial score (nSPS) is 12.5. The topological polar surface area (TPSA) is 46.4 Å². The van der Waals surface area contributed by atoms with Crippen molar-refractivity contribution >= 4 is 11.6 Å². The van der Waals surface area contributed by atoms with E-state index in [9.17, 15) is 4.79 Å². The number of nitrogens with one attached hydrogen (secondary N) is 1. The predicted molar refractivity (Wildman–Crippen MR) is 101 cm³/mol. The molecule has 2 heterocycles. The van der Waals surface area contributed by atoms with Crippen LogP contribution >= 0.6 is 0 Å². The van der Waals surface area contributed by atoms with E-state index in [0.717, 1.165) is 16.9 Å². The lowest BCUT2D eigenvalue weighted by atomic mass is 9.89. The molecule has 0 aliphatic rings. The number of fused-ring (bicyclic) bond motifs is 1. The Morgan fingerprint density at radius 3 is 2.56 bits per heavy atom. The van der Waals surface area contributed by atoms with E-state index in [0.29, 0.717) is 6.42 Å². The van der Waals surface area contributed by atoms with E-state index in [1.54, 1.807) is 0 Å². The third-order valence-corrected chi connectivity index (χ3v) is 4.52. The fraction of sp³-hybridized carbons (Fsp3) is 0.333. The second-order valence-electron chi connectivity index (χ2n) is 6.90. The quantitative estimate of drug-likeness (QED) is 0.766. The highest BCUT2D eigenvalue weighted by atomic mass is 16.1. The molecule has 0 saturated heterocycles. The molecule has 0 spiro atoms. The van der Waals surface area contributed by atoms with Gasteiger partial charge in [0.15, 0.2) is 0 Å². The van der Waals surface area contributed by atoms with Gasteiger partial charge >= 0.3 is 0 Å². The van der Waals surface area contributed by atoms with Gasteiger partial charge in [0.1, 0.15) is 5.65 Å². The van der Waals surface area contributed by atoms with E-state index < -0.39 is 0 Å². The zero-order valence-corrected chi connectivity index (χ0v) is 15.3. The number of rotatable bonds is 5. The summed E-state index contributed by atoms with van der Waals surface area (Å²) < 4.78 is 2.11. The van der Waals surface area contributed by atoms with Gasteiger partial charge in [-0.25, -0.2) is 4.98 Å². The molecule has 130 valence electrons. The molecule has 1 atom stereocenters. The van der Waals surface area contributed by atoms with Crippen LogP contribution in [0.5, 0.6) is 0 Å². The monoisotopic (exact) mass is 335 g/mol. The van der Waals surface area contributed by atoms with Crippen molar-refractivity contribution < 1.29 is 4.79 Å². The second-order valence-corrected chi connectivity index (χ2v) is 6.90. The van der Waals surface area contributed by atoms with Crippen LogP contribution in [-0.2, 0) is 4.79 Å². The minimum Gasteiger partial charge on any atom is -0.354 e. The van der Waals surface area contributed by atoms with Crippen molar-refractivity contribution in [2.45, 2.75) is 46.1 Å². The maximum Gasteiger partial charge on any atom is 0.221 e. The number of hydrogen-bond donors (Lipinski definition) is 1. The van der Waals surface area contributed by atoms with E-state index >= 15 is 0 Å². The Labute approximate surface area is 148 Å². The number of hydrogen-bond acceptors (Lipinski definition) is 2. The molecule has 0 bridgehead atoms. The van der Waals surface area contributed by atoms with Crippen LogP contribution in [-0.4, -0.2) is 21.3 Å². The molecule has 0 aliphatic carbocycles. The highest BCUT2D eigenvalue weighted by molar-refractivity contribution is 5.78. The minimum absolute atomic E-state index is 0.0308. The number of nitrogens with zero attached hydrogens (tertiary/aromatic N) is 2. The number of carbonyl (C=O) groups is 1. The molecule has 1 unspecified atom stereocenters. The third kappa shape index (κ3) is 3.58. The van der Waals surface area contributed by atoms with Crippen molar-refractivity contribution in [1.29, 1.82) is 0 Å². The maximum atomic E-state index is 12.5. The molecule has 3 aromatic rings. The number of aryl methyl sites for hydroxylation is 2. The molecular formula is C21H25N3O. The van der Waals surface area contributed by atoms with E-state index in [-0.39, 0.29) is 17.9 Å². The van der Waals surface area contributed by atoms with E-state index in [1.165, 1.54) is 11.1 Å². The highest BCUT2D eigenvalue weighted by Gasteiger charge is 2.23. The first-order chi connectivity index (χ1) is 12.0. The number of pyridine rings is 1. The Balaban J connectivity index is 2.08. The van der Waals surface area contributed by atoms with Gasteiger partial charge in [0, 0.05) is 30.8 Å². The van der Waals surface area contributed by atoms with Crippen LogP contribution in [0.4, 0.5) is 0 Å². The van der Waals surface area contributed by atoms with Crippen LogP contribution in [0.25, 0.3) is 5.65 Å². The molecule has 4 heteroatoms. The van der Waals surface area contributed by atoms with Crippen molar-refractivity contribution in [3.63, 3.8) is 0 Å². The Morgan fingerprint density at radius 2 is 1.84 bits per heavy atom. The zero-order chi connectivity index (χ0) is 18.0. The largest absolute Gasteiger partial charge is 0.354 e. The Hall–Kier alpha value is -2.62. The zero-order valence-electron chi connectivity index (χ0n) is 15.3. The van der Waals surface area contributed by atoms with Gasteiger partial charge < -0.3 is 9.72 Å². The fourth-order valence-electron chi connectivity index (χ4n) is 3.35. The van der Waals surface area contributed by atoms with Gasteiger partial charge in [-0.15, -0.1) is 0 Å². The lowest BCUT2D eigenvalue weighted by molar-refractivity contribution is -0.121. The summed E-state index contributed by atoms with van der Waals surface area (Å²) in [6.07, 6.45) is 4.34. The number of amides is 1. The summed E-state index contributed by atoms with van der Waals surface area (Å²) in [6, 6.07) is 12.5. The van der Waals surface area contributed by atoms with Crippen molar-refractivity contribution in [3.8, 4) is 0 Å². The first kappa shape index (κ1) is 17.2. The van der Waals surface area contributed by atoms with E-state index in [1.807, 2.05) is 44.4 Å². The molecule has 0 radical (unpaired) electrons. The molecule has 1 N–H and O–H groups in total. The van der Waals surface area contributed by atoms with Crippen molar-refractivity contribution in [2.24, 2.45) is 0 Å². The summed E-state index contributed by atoms with van der Waals surface area (Å²) in [5.41, 5.74) is 5.48. The lowest BCUT2D eigenvalue weighted by Gasteiger charge is -2.20. The number of aromatic nitrogens is 2. The van der Waals surface area contributed by atoms with Gasteiger partial charge in [0.25, 0.3) is 0 Å². The van der Waals surface area contributed by atoms with Gasteiger partial charge in [-0.05, 0) is 50.5 Å². The SMILES string of the molecule is Cc1ccccc1C(CC(=O)NC(C)C)c1cnc2c(C)cccn12. The van der Waals surface area contributed by atoms with Crippen LogP contribution in [0, 0.1) is 13.8 Å². The van der Waals surface area contributed by atoms with Gasteiger partial charge in [0.05, 0.1) is 5.69 Å². The van der Waals surface area contributed by atoms with Gasteiger partial charge in [-0.1, -0.05) is 30.3 Å². The Bertz CT molecular complexity index is 895. The molecule has 1 amide bonds. The Morgan fingerprint density at radius 1 is 1.12 bits per heavy atom. The molecule has 3 rings (SSSR count). The highest BCUT2D eigenvalue weighted by Crippen LogP contribution is 2.31. The average molecular weight is 335 g/mol. The second kappa shape index (κ2) is 7.09. The molecule has 25 heavy (non-hydrogen) atoms. The first-order valence-electron chi connectivity index (χ1n) is 8.75. The molecule has 0 aliphatic heterocycles. The van der Waals surface area contributed by atoms with E-state index in [4.69, 9.17) is 0 Å². The summed E-state index contributed by atoms with van der Waals surface area (Å²) >= 11 is 0. The lowest BCUT2D eigenvalue weighted by Crippen LogP contribution is -2.31. The number of carbonyl (C=O) groups excluding carboxylic acids is 1. The van der Waals surface area contributed by atoms with Crippen molar-refractivity contribution in [1.82, 2.24) is 14.7 Å². The van der Waals surface area contributed by atoms with Gasteiger partial charge in [-0.2, -0.15) is 0 Å². The van der Waals surface area contributed by atoms with Gasteiger partial charge in [-0.3, -0.25) is 4.79 Å². The molecule has 0 saturated carbocycles.